The number of amides is 2. The van der Waals surface area contributed by atoms with E-state index in [9.17, 15) is 9.59 Å². The molecule has 0 heterocycles. The molecule has 162 valence electrons. The van der Waals surface area contributed by atoms with Gasteiger partial charge in [0, 0.05) is 12.6 Å². The maximum Gasteiger partial charge on any atom is 0.261 e. The number of aryl methyl sites for hydroxylation is 1. The number of carbonyl (C=O) groups is 2. The third kappa shape index (κ3) is 6.51. The second kappa shape index (κ2) is 11.2. The molecule has 0 spiro atoms. The number of methoxy groups -OCH3 is 1. The lowest BCUT2D eigenvalue weighted by Crippen LogP contribution is -2.50. The summed E-state index contributed by atoms with van der Waals surface area (Å²) in [4.78, 5) is 27.4. The first-order valence-corrected chi connectivity index (χ1v) is 10.3. The van der Waals surface area contributed by atoms with E-state index in [1.807, 2.05) is 57.2 Å². The first-order valence-electron chi connectivity index (χ1n) is 10.3. The molecular formula is C24H32N2O4. The number of nitrogens with one attached hydrogen (secondary N) is 1. The van der Waals surface area contributed by atoms with Crippen LogP contribution in [0.4, 0.5) is 0 Å². The average Bonchev–Trinajstić information content (AvgIpc) is 2.75. The van der Waals surface area contributed by atoms with Gasteiger partial charge in [-0.15, -0.1) is 0 Å². The summed E-state index contributed by atoms with van der Waals surface area (Å²) in [6.07, 6.45) is 0.821. The zero-order chi connectivity index (χ0) is 22.1. The molecule has 0 aromatic heterocycles. The molecule has 0 aliphatic heterocycles. The van der Waals surface area contributed by atoms with Gasteiger partial charge in [-0.25, -0.2) is 0 Å². The minimum absolute atomic E-state index is 0.0423. The van der Waals surface area contributed by atoms with E-state index < -0.39 is 6.04 Å². The lowest BCUT2D eigenvalue weighted by atomic mass is 10.1. The second-order valence-electron chi connectivity index (χ2n) is 7.44. The van der Waals surface area contributed by atoms with Crippen molar-refractivity contribution in [3.05, 3.63) is 59.7 Å². The normalized spacial score (nSPS) is 12.6. The minimum atomic E-state index is -0.631. The average molecular weight is 413 g/mol. The predicted octanol–water partition coefficient (Wildman–Crippen LogP) is 3.71. The van der Waals surface area contributed by atoms with Crippen LogP contribution in [0.1, 0.15) is 38.3 Å². The highest BCUT2D eigenvalue weighted by Crippen LogP contribution is 2.25. The number of para-hydroxylation sites is 2. The van der Waals surface area contributed by atoms with Crippen molar-refractivity contribution in [2.24, 2.45) is 0 Å². The molecule has 0 fully saturated rings. The van der Waals surface area contributed by atoms with Gasteiger partial charge >= 0.3 is 0 Å². The van der Waals surface area contributed by atoms with Gasteiger partial charge in [0.25, 0.3) is 5.91 Å². The molecular weight excluding hydrogens is 380 g/mol. The molecule has 0 bridgehead atoms. The quantitative estimate of drug-likeness (QED) is 0.646. The van der Waals surface area contributed by atoms with Crippen LogP contribution < -0.4 is 14.8 Å². The number of benzene rings is 2. The summed E-state index contributed by atoms with van der Waals surface area (Å²) < 4.78 is 11.0. The van der Waals surface area contributed by atoms with Gasteiger partial charge in [0.15, 0.2) is 18.1 Å². The molecule has 30 heavy (non-hydrogen) atoms. The van der Waals surface area contributed by atoms with E-state index >= 15 is 0 Å². The summed E-state index contributed by atoms with van der Waals surface area (Å²) in [5.74, 6) is 0.593. The Balaban J connectivity index is 2.18. The van der Waals surface area contributed by atoms with Crippen molar-refractivity contribution in [1.82, 2.24) is 10.2 Å². The topological polar surface area (TPSA) is 67.9 Å². The SMILES string of the molecule is CC[C@@H](C)NC(=O)[C@H](C)N(Cc1cccc(C)c1)C(=O)COc1ccccc1OC. The fourth-order valence-electron chi connectivity index (χ4n) is 3.02. The van der Waals surface area contributed by atoms with Crippen LogP contribution in [0.2, 0.25) is 0 Å². The van der Waals surface area contributed by atoms with Crippen molar-refractivity contribution in [2.75, 3.05) is 13.7 Å². The first kappa shape index (κ1) is 23.3. The van der Waals surface area contributed by atoms with E-state index in [-0.39, 0.29) is 24.5 Å². The van der Waals surface area contributed by atoms with Gasteiger partial charge in [0.1, 0.15) is 6.04 Å². The van der Waals surface area contributed by atoms with Gasteiger partial charge < -0.3 is 19.7 Å². The zero-order valence-corrected chi connectivity index (χ0v) is 18.5. The van der Waals surface area contributed by atoms with Crippen LogP contribution in [0.15, 0.2) is 48.5 Å². The molecule has 0 saturated heterocycles. The number of nitrogens with zero attached hydrogens (tertiary/aromatic N) is 1. The standard InChI is InChI=1S/C24H32N2O4/c1-6-18(3)25-24(28)19(4)26(15-20-11-9-10-17(2)14-20)23(27)16-30-22-13-8-7-12-21(22)29-5/h7-14,18-19H,6,15-16H2,1-5H3,(H,25,28)/t18-,19+/m1/s1. The molecule has 0 aliphatic rings. The number of hydrogen-bond donors (Lipinski definition) is 1. The lowest BCUT2D eigenvalue weighted by molar-refractivity contribution is -0.142. The maximum absolute atomic E-state index is 13.1. The highest BCUT2D eigenvalue weighted by molar-refractivity contribution is 5.88. The van der Waals surface area contributed by atoms with E-state index in [0.717, 1.165) is 17.5 Å². The van der Waals surface area contributed by atoms with Crippen LogP contribution in [-0.4, -0.2) is 42.5 Å². The highest BCUT2D eigenvalue weighted by Gasteiger charge is 2.27. The summed E-state index contributed by atoms with van der Waals surface area (Å²) in [6, 6.07) is 14.5. The molecule has 0 aliphatic carbocycles. The third-order valence-electron chi connectivity index (χ3n) is 5.02. The Labute approximate surface area is 179 Å². The Hall–Kier alpha value is -3.02. The van der Waals surface area contributed by atoms with Crippen LogP contribution in [0.3, 0.4) is 0 Å². The lowest BCUT2D eigenvalue weighted by Gasteiger charge is -2.29. The van der Waals surface area contributed by atoms with Crippen molar-refractivity contribution in [3.63, 3.8) is 0 Å². The summed E-state index contributed by atoms with van der Waals surface area (Å²) >= 11 is 0. The molecule has 6 heteroatoms. The molecule has 2 amide bonds. The molecule has 2 aromatic rings. The zero-order valence-electron chi connectivity index (χ0n) is 18.5. The van der Waals surface area contributed by atoms with Crippen molar-refractivity contribution < 1.29 is 19.1 Å². The van der Waals surface area contributed by atoms with Crippen molar-refractivity contribution in [3.8, 4) is 11.5 Å². The van der Waals surface area contributed by atoms with Crippen LogP contribution in [0.5, 0.6) is 11.5 Å². The fraction of sp³-hybridized carbons (Fsp3) is 0.417. The molecule has 0 radical (unpaired) electrons. The van der Waals surface area contributed by atoms with E-state index in [2.05, 4.69) is 5.32 Å². The Morgan fingerprint density at radius 1 is 1.07 bits per heavy atom. The summed E-state index contributed by atoms with van der Waals surface area (Å²) in [7, 11) is 1.55. The predicted molar refractivity (Wildman–Crippen MR) is 118 cm³/mol. The van der Waals surface area contributed by atoms with Crippen LogP contribution >= 0.6 is 0 Å². The Bertz CT molecular complexity index is 853. The van der Waals surface area contributed by atoms with E-state index in [1.165, 1.54) is 0 Å². The molecule has 2 rings (SSSR count). The maximum atomic E-state index is 13.1. The van der Waals surface area contributed by atoms with Gasteiger partial charge in [-0.05, 0) is 44.9 Å². The fourth-order valence-corrected chi connectivity index (χ4v) is 3.02. The number of ether oxygens (including phenoxy) is 2. The second-order valence-corrected chi connectivity index (χ2v) is 7.44. The van der Waals surface area contributed by atoms with Gasteiger partial charge in [0.05, 0.1) is 7.11 Å². The summed E-state index contributed by atoms with van der Waals surface area (Å²) in [5, 5.41) is 2.96. The third-order valence-corrected chi connectivity index (χ3v) is 5.02. The van der Waals surface area contributed by atoms with E-state index in [4.69, 9.17) is 9.47 Å². The largest absolute Gasteiger partial charge is 0.493 e. The van der Waals surface area contributed by atoms with Crippen molar-refractivity contribution in [1.29, 1.82) is 0 Å². The molecule has 0 saturated carbocycles. The Morgan fingerprint density at radius 2 is 1.77 bits per heavy atom. The van der Waals surface area contributed by atoms with Gasteiger partial charge in [-0.1, -0.05) is 48.9 Å². The summed E-state index contributed by atoms with van der Waals surface area (Å²) in [5.41, 5.74) is 2.06. The highest BCUT2D eigenvalue weighted by atomic mass is 16.5. The van der Waals surface area contributed by atoms with Crippen LogP contribution in [0, 0.1) is 6.92 Å². The van der Waals surface area contributed by atoms with Crippen LogP contribution in [0.25, 0.3) is 0 Å². The number of carbonyl (C=O) groups excluding carboxylic acids is 2. The molecule has 0 unspecified atom stereocenters. The van der Waals surface area contributed by atoms with Crippen LogP contribution in [-0.2, 0) is 16.1 Å². The van der Waals surface area contributed by atoms with Gasteiger partial charge in [-0.3, -0.25) is 9.59 Å². The molecule has 6 nitrogen and oxygen atoms in total. The molecule has 1 N–H and O–H groups in total. The number of hydrogen-bond acceptors (Lipinski definition) is 4. The first-order chi connectivity index (χ1) is 14.3. The minimum Gasteiger partial charge on any atom is -0.493 e. The molecule has 2 atom stereocenters. The van der Waals surface area contributed by atoms with E-state index in [1.54, 1.807) is 31.1 Å². The van der Waals surface area contributed by atoms with Gasteiger partial charge in [0.2, 0.25) is 5.91 Å². The monoisotopic (exact) mass is 412 g/mol. The van der Waals surface area contributed by atoms with Crippen molar-refractivity contribution >= 4 is 11.8 Å². The Morgan fingerprint density at radius 3 is 2.40 bits per heavy atom. The number of rotatable bonds is 10. The van der Waals surface area contributed by atoms with E-state index in [0.29, 0.717) is 18.0 Å². The van der Waals surface area contributed by atoms with Crippen molar-refractivity contribution in [2.45, 2.75) is 52.7 Å². The Kier molecular flexibility index (Phi) is 8.71. The molecule has 2 aromatic carbocycles. The summed E-state index contributed by atoms with van der Waals surface area (Å²) in [6.45, 7) is 7.83. The smallest absolute Gasteiger partial charge is 0.261 e. The van der Waals surface area contributed by atoms with Gasteiger partial charge in [-0.2, -0.15) is 0 Å².